The van der Waals surface area contributed by atoms with Gasteiger partial charge >= 0.3 is 0 Å². The molecule has 0 bridgehead atoms. The summed E-state index contributed by atoms with van der Waals surface area (Å²) in [5.41, 5.74) is 1.81. The molecule has 0 aromatic heterocycles. The van der Waals surface area contributed by atoms with Crippen molar-refractivity contribution in [1.82, 2.24) is 4.90 Å². The zero-order chi connectivity index (χ0) is 23.8. The molecule has 9 heteroatoms. The third-order valence-corrected chi connectivity index (χ3v) is 7.31. The molecule has 170 valence electrons. The summed E-state index contributed by atoms with van der Waals surface area (Å²) in [4.78, 5) is 46.8. The standard InChI is InChI=1S/C25H17Cl2N3O3S/c26-20-10-8-17(14-21(20)27)30-23(32)18-9-7-15(13-19(18)24(30)33)22(31)29-11-4-12-34-25(29)28-16-5-2-1-3-6-16/h1-3,5-10,13-14H,4,11-12H2. The van der Waals surface area contributed by atoms with E-state index in [-0.39, 0.29) is 22.1 Å². The molecule has 0 aliphatic carbocycles. The average molecular weight is 510 g/mol. The number of halogens is 2. The lowest BCUT2D eigenvalue weighted by Crippen LogP contribution is -2.39. The molecule has 3 aromatic carbocycles. The SMILES string of the molecule is O=C(c1ccc2c(c1)C(=O)N(c1ccc(Cl)c(Cl)c1)C2=O)N1CCCSC1=Nc1ccccc1. The maximum Gasteiger partial charge on any atom is 0.266 e. The van der Waals surface area contributed by atoms with Crippen molar-refractivity contribution in [2.75, 3.05) is 17.2 Å². The molecule has 3 amide bonds. The maximum atomic E-state index is 13.4. The van der Waals surface area contributed by atoms with E-state index in [1.54, 1.807) is 17.0 Å². The van der Waals surface area contributed by atoms with Crippen LogP contribution in [0.3, 0.4) is 0 Å². The third-order valence-electron chi connectivity index (χ3n) is 5.51. The Bertz CT molecular complexity index is 1360. The van der Waals surface area contributed by atoms with Gasteiger partial charge in [0.2, 0.25) is 0 Å². The minimum atomic E-state index is -0.515. The van der Waals surface area contributed by atoms with E-state index in [1.165, 1.54) is 36.0 Å². The second kappa shape index (κ2) is 9.25. The maximum absolute atomic E-state index is 13.4. The number of aliphatic imine (C=N–C) groups is 1. The van der Waals surface area contributed by atoms with Crippen LogP contribution in [0.25, 0.3) is 0 Å². The lowest BCUT2D eigenvalue weighted by molar-refractivity contribution is 0.0848. The van der Waals surface area contributed by atoms with Crippen molar-refractivity contribution in [2.45, 2.75) is 6.42 Å². The van der Waals surface area contributed by atoms with Gasteiger partial charge in [-0.1, -0.05) is 53.2 Å². The summed E-state index contributed by atoms with van der Waals surface area (Å²) in [5, 5.41) is 1.17. The first-order valence-corrected chi connectivity index (χ1v) is 12.2. The van der Waals surface area contributed by atoms with Gasteiger partial charge in [-0.25, -0.2) is 9.89 Å². The predicted molar refractivity (Wildman–Crippen MR) is 136 cm³/mol. The molecule has 0 N–H and O–H groups in total. The topological polar surface area (TPSA) is 70.1 Å². The minimum absolute atomic E-state index is 0.174. The molecule has 0 spiro atoms. The first kappa shape index (κ1) is 22.7. The van der Waals surface area contributed by atoms with Gasteiger partial charge in [0, 0.05) is 17.9 Å². The molecule has 0 saturated carbocycles. The van der Waals surface area contributed by atoms with Gasteiger partial charge in [0.05, 0.1) is 32.5 Å². The van der Waals surface area contributed by atoms with E-state index in [0.29, 0.717) is 28.0 Å². The number of imide groups is 1. The zero-order valence-corrected chi connectivity index (χ0v) is 20.0. The zero-order valence-electron chi connectivity index (χ0n) is 17.7. The summed E-state index contributed by atoms with van der Waals surface area (Å²) >= 11 is 13.6. The van der Waals surface area contributed by atoms with Crippen LogP contribution in [0.2, 0.25) is 10.0 Å². The van der Waals surface area contributed by atoms with E-state index in [4.69, 9.17) is 23.2 Å². The normalized spacial score (nSPS) is 16.8. The lowest BCUT2D eigenvalue weighted by Gasteiger charge is -2.28. The monoisotopic (exact) mass is 509 g/mol. The molecule has 1 fully saturated rings. The van der Waals surface area contributed by atoms with Crippen LogP contribution in [0.5, 0.6) is 0 Å². The van der Waals surface area contributed by atoms with Crippen molar-refractivity contribution in [2.24, 2.45) is 4.99 Å². The van der Waals surface area contributed by atoms with E-state index in [0.717, 1.165) is 22.8 Å². The first-order valence-electron chi connectivity index (χ1n) is 10.5. The van der Waals surface area contributed by atoms with Crippen LogP contribution >= 0.6 is 35.0 Å². The highest BCUT2D eigenvalue weighted by Crippen LogP contribution is 2.33. The fourth-order valence-electron chi connectivity index (χ4n) is 3.84. The molecular weight excluding hydrogens is 493 g/mol. The van der Waals surface area contributed by atoms with Gasteiger partial charge in [0.15, 0.2) is 5.17 Å². The summed E-state index contributed by atoms with van der Waals surface area (Å²) in [6, 6.07) is 18.6. The molecule has 2 aliphatic heterocycles. The Morgan fingerprint density at radius 1 is 0.882 bits per heavy atom. The van der Waals surface area contributed by atoms with Crippen LogP contribution in [0.4, 0.5) is 11.4 Å². The Labute approximate surface area is 210 Å². The third kappa shape index (κ3) is 4.11. The molecule has 3 aromatic rings. The van der Waals surface area contributed by atoms with Gasteiger partial charge in [0.1, 0.15) is 0 Å². The number of amides is 3. The Morgan fingerprint density at radius 2 is 1.65 bits per heavy atom. The molecule has 0 unspecified atom stereocenters. The van der Waals surface area contributed by atoms with Crippen LogP contribution in [-0.2, 0) is 0 Å². The molecule has 34 heavy (non-hydrogen) atoms. The number of amidine groups is 1. The second-order valence-corrected chi connectivity index (χ2v) is 9.57. The number of hydrogen-bond acceptors (Lipinski definition) is 5. The first-order chi connectivity index (χ1) is 16.4. The lowest BCUT2D eigenvalue weighted by atomic mass is 10.0. The predicted octanol–water partition coefficient (Wildman–Crippen LogP) is 6.06. The van der Waals surface area contributed by atoms with E-state index in [2.05, 4.69) is 4.99 Å². The average Bonchev–Trinajstić information content (AvgIpc) is 3.11. The summed E-state index contributed by atoms with van der Waals surface area (Å²) in [5.74, 6) is -0.389. The largest absolute Gasteiger partial charge is 0.287 e. The highest BCUT2D eigenvalue weighted by atomic mass is 35.5. The number of para-hydroxylation sites is 1. The smallest absolute Gasteiger partial charge is 0.266 e. The van der Waals surface area contributed by atoms with Crippen molar-refractivity contribution in [1.29, 1.82) is 0 Å². The van der Waals surface area contributed by atoms with Gasteiger partial charge < -0.3 is 0 Å². The van der Waals surface area contributed by atoms with E-state index in [1.807, 2.05) is 30.3 Å². The Hall–Kier alpha value is -3.13. The van der Waals surface area contributed by atoms with Crippen LogP contribution in [0.15, 0.2) is 71.7 Å². The molecule has 2 aliphatic rings. The highest BCUT2D eigenvalue weighted by molar-refractivity contribution is 8.13. The van der Waals surface area contributed by atoms with Crippen LogP contribution in [0.1, 0.15) is 37.5 Å². The number of anilines is 1. The summed E-state index contributed by atoms with van der Waals surface area (Å²) in [6.45, 7) is 0.525. The molecule has 2 heterocycles. The number of fused-ring (bicyclic) bond motifs is 1. The number of thioether (sulfide) groups is 1. The number of nitrogens with zero attached hydrogens (tertiary/aromatic N) is 3. The van der Waals surface area contributed by atoms with Crippen LogP contribution in [-0.4, -0.2) is 40.1 Å². The van der Waals surface area contributed by atoms with Crippen molar-refractivity contribution in [3.63, 3.8) is 0 Å². The summed E-state index contributed by atoms with van der Waals surface area (Å²) in [6.07, 6.45) is 0.831. The minimum Gasteiger partial charge on any atom is -0.287 e. The fraction of sp³-hybridized carbons (Fsp3) is 0.120. The molecule has 0 radical (unpaired) electrons. The quantitative estimate of drug-likeness (QED) is 0.402. The van der Waals surface area contributed by atoms with Gasteiger partial charge in [-0.3, -0.25) is 19.3 Å². The highest BCUT2D eigenvalue weighted by Gasteiger charge is 2.38. The molecule has 6 nitrogen and oxygen atoms in total. The number of carbonyl (C=O) groups is 3. The Kier molecular flexibility index (Phi) is 6.16. The number of benzene rings is 3. The molecular formula is C25H17Cl2N3O3S. The van der Waals surface area contributed by atoms with Crippen molar-refractivity contribution in [3.05, 3.63) is 93.5 Å². The molecule has 0 atom stereocenters. The summed E-state index contributed by atoms with van der Waals surface area (Å²) < 4.78 is 0. The summed E-state index contributed by atoms with van der Waals surface area (Å²) in [7, 11) is 0. The molecule has 1 saturated heterocycles. The van der Waals surface area contributed by atoms with Gasteiger partial charge in [-0.05, 0) is 55.0 Å². The van der Waals surface area contributed by atoms with Gasteiger partial charge in [0.25, 0.3) is 17.7 Å². The number of hydrogen-bond donors (Lipinski definition) is 0. The Balaban J connectivity index is 1.46. The second-order valence-electron chi connectivity index (χ2n) is 7.69. The number of rotatable bonds is 3. The molecule has 5 rings (SSSR count). The van der Waals surface area contributed by atoms with Crippen molar-refractivity contribution >= 4 is 69.2 Å². The number of carbonyl (C=O) groups excluding carboxylic acids is 3. The van der Waals surface area contributed by atoms with Gasteiger partial charge in [-0.2, -0.15) is 0 Å². The van der Waals surface area contributed by atoms with E-state index in [9.17, 15) is 14.4 Å². The van der Waals surface area contributed by atoms with E-state index < -0.39 is 11.8 Å². The Morgan fingerprint density at radius 3 is 2.41 bits per heavy atom. The van der Waals surface area contributed by atoms with E-state index >= 15 is 0 Å². The van der Waals surface area contributed by atoms with Crippen molar-refractivity contribution in [3.8, 4) is 0 Å². The van der Waals surface area contributed by atoms with Gasteiger partial charge in [-0.15, -0.1) is 0 Å². The van der Waals surface area contributed by atoms with Crippen LogP contribution in [0, 0.1) is 0 Å². The van der Waals surface area contributed by atoms with Crippen LogP contribution < -0.4 is 4.90 Å². The van der Waals surface area contributed by atoms with Crippen molar-refractivity contribution < 1.29 is 14.4 Å². The fourth-order valence-corrected chi connectivity index (χ4v) is 5.09.